The van der Waals surface area contributed by atoms with Gasteiger partial charge >= 0.3 is 5.97 Å². The van der Waals surface area contributed by atoms with Gasteiger partial charge in [-0.05, 0) is 84.9 Å². The summed E-state index contributed by atoms with van der Waals surface area (Å²) in [5.74, 6) is 0.0467. The molecule has 3 aromatic rings. The molecule has 1 saturated heterocycles. The Bertz CT molecular complexity index is 1410. The van der Waals surface area contributed by atoms with Crippen molar-refractivity contribution in [3.05, 3.63) is 82.9 Å². The fraction of sp³-hybridized carbons (Fsp3) is 0.241. The molecule has 0 aromatic heterocycles. The third kappa shape index (κ3) is 6.35. The van der Waals surface area contributed by atoms with Crippen LogP contribution in [-0.2, 0) is 20.7 Å². The standard InChI is InChI=1S/C29H28ClN3O6S/c1-37-24-13-4-18(16-25(24)38-2)14-15-32-23(27(35)33(29(32)40)22-11-7-20(30)8-12-22)17-26(34)31-21-9-5-19(6-10-21)28(36)39-3/h4-13,16,23H,14-15,17H2,1-3H3,(H,31,34)/t23-/m0/s1. The summed E-state index contributed by atoms with van der Waals surface area (Å²) < 4.78 is 15.4. The third-order valence-electron chi connectivity index (χ3n) is 6.46. The summed E-state index contributed by atoms with van der Waals surface area (Å²) >= 11 is 11.8. The highest BCUT2D eigenvalue weighted by molar-refractivity contribution is 7.80. The number of carbonyl (C=O) groups is 3. The maximum atomic E-state index is 13.6. The van der Waals surface area contributed by atoms with Gasteiger partial charge in [0.15, 0.2) is 16.6 Å². The second kappa shape index (κ2) is 12.8. The van der Waals surface area contributed by atoms with Gasteiger partial charge in [0.25, 0.3) is 5.91 Å². The zero-order valence-corrected chi connectivity index (χ0v) is 23.8. The lowest BCUT2D eigenvalue weighted by Crippen LogP contribution is -2.39. The van der Waals surface area contributed by atoms with Gasteiger partial charge in [-0.15, -0.1) is 0 Å². The van der Waals surface area contributed by atoms with Crippen molar-refractivity contribution in [3.63, 3.8) is 0 Å². The molecular weight excluding hydrogens is 554 g/mol. The Morgan fingerprint density at radius 3 is 2.25 bits per heavy atom. The SMILES string of the molecule is COC(=O)c1ccc(NC(=O)C[C@H]2C(=O)N(c3ccc(Cl)cc3)C(=S)N2CCc2ccc(OC)c(OC)c2)cc1. The Morgan fingerprint density at radius 2 is 1.62 bits per heavy atom. The van der Waals surface area contributed by atoms with E-state index in [9.17, 15) is 14.4 Å². The van der Waals surface area contributed by atoms with Crippen molar-refractivity contribution in [2.24, 2.45) is 0 Å². The fourth-order valence-corrected chi connectivity index (χ4v) is 4.94. The highest BCUT2D eigenvalue weighted by atomic mass is 35.5. The summed E-state index contributed by atoms with van der Waals surface area (Å²) in [6.07, 6.45) is 0.406. The van der Waals surface area contributed by atoms with E-state index in [4.69, 9.17) is 38.0 Å². The molecule has 1 atom stereocenters. The fourth-order valence-electron chi connectivity index (χ4n) is 4.40. The van der Waals surface area contributed by atoms with Gasteiger partial charge in [0.05, 0.1) is 39.0 Å². The number of nitrogens with zero attached hydrogens (tertiary/aromatic N) is 2. The lowest BCUT2D eigenvalue weighted by Gasteiger charge is -2.24. The number of benzene rings is 3. The summed E-state index contributed by atoms with van der Waals surface area (Å²) in [6, 6.07) is 17.9. The van der Waals surface area contributed by atoms with Gasteiger partial charge in [-0.25, -0.2) is 4.79 Å². The summed E-state index contributed by atoms with van der Waals surface area (Å²) in [5, 5.41) is 3.62. The average molecular weight is 582 g/mol. The smallest absolute Gasteiger partial charge is 0.337 e. The molecule has 0 radical (unpaired) electrons. The molecule has 1 aliphatic heterocycles. The van der Waals surface area contributed by atoms with Crippen LogP contribution in [0.15, 0.2) is 66.7 Å². The molecule has 1 heterocycles. The molecule has 0 aliphatic carbocycles. The molecule has 9 nitrogen and oxygen atoms in total. The van der Waals surface area contributed by atoms with E-state index in [0.29, 0.717) is 51.5 Å². The topological polar surface area (TPSA) is 97.4 Å². The van der Waals surface area contributed by atoms with E-state index in [-0.39, 0.29) is 18.2 Å². The van der Waals surface area contributed by atoms with Gasteiger partial charge < -0.3 is 24.4 Å². The van der Waals surface area contributed by atoms with Gasteiger partial charge in [0.2, 0.25) is 5.91 Å². The van der Waals surface area contributed by atoms with Crippen LogP contribution in [0.4, 0.5) is 11.4 Å². The summed E-state index contributed by atoms with van der Waals surface area (Å²) in [5.41, 5.74) is 2.36. The molecule has 1 aliphatic rings. The zero-order valence-electron chi connectivity index (χ0n) is 22.2. The molecule has 0 spiro atoms. The van der Waals surface area contributed by atoms with Gasteiger partial charge in [-0.1, -0.05) is 17.7 Å². The zero-order chi connectivity index (χ0) is 28.8. The molecule has 40 heavy (non-hydrogen) atoms. The number of ether oxygens (including phenoxy) is 3. The summed E-state index contributed by atoms with van der Waals surface area (Å²) in [6.45, 7) is 0.385. The summed E-state index contributed by atoms with van der Waals surface area (Å²) in [7, 11) is 4.43. The number of thiocarbonyl (C=S) groups is 1. The van der Waals surface area contributed by atoms with E-state index in [2.05, 4.69) is 5.32 Å². The van der Waals surface area contributed by atoms with E-state index in [1.165, 1.54) is 12.0 Å². The molecule has 208 valence electrons. The number of carbonyl (C=O) groups excluding carboxylic acids is 3. The molecule has 2 amide bonds. The normalized spacial score (nSPS) is 14.8. The van der Waals surface area contributed by atoms with Gasteiger partial charge in [-0.3, -0.25) is 14.5 Å². The minimum Gasteiger partial charge on any atom is -0.493 e. The number of hydrogen-bond acceptors (Lipinski definition) is 7. The van der Waals surface area contributed by atoms with Crippen LogP contribution in [0.2, 0.25) is 5.02 Å². The maximum Gasteiger partial charge on any atom is 0.337 e. The molecule has 1 fully saturated rings. The number of nitrogens with one attached hydrogen (secondary N) is 1. The highest BCUT2D eigenvalue weighted by Gasteiger charge is 2.43. The van der Waals surface area contributed by atoms with E-state index in [0.717, 1.165) is 5.56 Å². The molecule has 0 unspecified atom stereocenters. The highest BCUT2D eigenvalue weighted by Crippen LogP contribution is 2.31. The largest absolute Gasteiger partial charge is 0.493 e. The number of amides is 2. The monoisotopic (exact) mass is 581 g/mol. The first kappa shape index (κ1) is 28.8. The Morgan fingerprint density at radius 1 is 0.950 bits per heavy atom. The number of esters is 1. The van der Waals surface area contributed by atoms with Crippen molar-refractivity contribution < 1.29 is 28.6 Å². The Kier molecular flexibility index (Phi) is 9.23. The van der Waals surface area contributed by atoms with Crippen LogP contribution in [0.25, 0.3) is 0 Å². The molecule has 0 saturated carbocycles. The van der Waals surface area contributed by atoms with E-state index >= 15 is 0 Å². The van der Waals surface area contributed by atoms with E-state index in [1.807, 2.05) is 18.2 Å². The predicted molar refractivity (Wildman–Crippen MR) is 156 cm³/mol. The number of anilines is 2. The Balaban J connectivity index is 1.54. The maximum absolute atomic E-state index is 13.6. The first-order chi connectivity index (χ1) is 19.2. The predicted octanol–water partition coefficient (Wildman–Crippen LogP) is 4.72. The first-order valence-corrected chi connectivity index (χ1v) is 13.1. The Labute approximate surface area is 242 Å². The summed E-state index contributed by atoms with van der Waals surface area (Å²) in [4.78, 5) is 41.6. The van der Waals surface area contributed by atoms with Gasteiger partial charge in [0, 0.05) is 17.3 Å². The second-order valence-corrected chi connectivity index (χ2v) is 9.70. The minimum atomic E-state index is -0.822. The number of hydrogen-bond donors (Lipinski definition) is 1. The van der Waals surface area contributed by atoms with Crippen molar-refractivity contribution in [2.45, 2.75) is 18.9 Å². The van der Waals surface area contributed by atoms with Crippen molar-refractivity contribution in [1.82, 2.24) is 4.90 Å². The lowest BCUT2D eigenvalue weighted by molar-refractivity contribution is -0.124. The molecule has 4 rings (SSSR count). The van der Waals surface area contributed by atoms with Crippen molar-refractivity contribution >= 4 is 58.1 Å². The van der Waals surface area contributed by atoms with Crippen LogP contribution in [0, 0.1) is 0 Å². The van der Waals surface area contributed by atoms with Crippen LogP contribution >= 0.6 is 23.8 Å². The number of methoxy groups -OCH3 is 3. The first-order valence-electron chi connectivity index (χ1n) is 12.3. The molecule has 1 N–H and O–H groups in total. The van der Waals surface area contributed by atoms with Crippen LogP contribution in [-0.4, -0.2) is 61.7 Å². The van der Waals surface area contributed by atoms with Crippen LogP contribution in [0.3, 0.4) is 0 Å². The third-order valence-corrected chi connectivity index (χ3v) is 7.13. The number of rotatable bonds is 10. The Hall–Kier alpha value is -4.15. The average Bonchev–Trinajstić information content (AvgIpc) is 3.19. The molecular formula is C29H28ClN3O6S. The second-order valence-electron chi connectivity index (χ2n) is 8.90. The van der Waals surface area contributed by atoms with Gasteiger partial charge in [-0.2, -0.15) is 0 Å². The quantitative estimate of drug-likeness (QED) is 0.271. The minimum absolute atomic E-state index is 0.131. The molecule has 11 heteroatoms. The van der Waals surface area contributed by atoms with Crippen molar-refractivity contribution in [3.8, 4) is 11.5 Å². The molecule has 0 bridgehead atoms. The molecule has 3 aromatic carbocycles. The van der Waals surface area contributed by atoms with Crippen molar-refractivity contribution in [1.29, 1.82) is 0 Å². The van der Waals surface area contributed by atoms with Crippen molar-refractivity contribution in [2.75, 3.05) is 38.1 Å². The van der Waals surface area contributed by atoms with Crippen LogP contribution in [0.5, 0.6) is 11.5 Å². The lowest BCUT2D eigenvalue weighted by atomic mass is 10.1. The van der Waals surface area contributed by atoms with Crippen LogP contribution < -0.4 is 19.7 Å². The number of halogens is 1. The van der Waals surface area contributed by atoms with E-state index < -0.39 is 12.0 Å². The van der Waals surface area contributed by atoms with E-state index in [1.54, 1.807) is 67.7 Å². The van der Waals surface area contributed by atoms with Crippen LogP contribution in [0.1, 0.15) is 22.3 Å². The van der Waals surface area contributed by atoms with Gasteiger partial charge in [0.1, 0.15) is 6.04 Å².